The van der Waals surface area contributed by atoms with E-state index in [2.05, 4.69) is 30.2 Å². The highest BCUT2D eigenvalue weighted by atomic mass is 32.1. The molecule has 1 aliphatic rings. The van der Waals surface area contributed by atoms with Crippen molar-refractivity contribution in [2.24, 2.45) is 7.05 Å². The largest absolute Gasteiger partial charge is 0.356 e. The van der Waals surface area contributed by atoms with Gasteiger partial charge in [-0.2, -0.15) is 10.1 Å². The molecule has 1 saturated heterocycles. The molecular weight excluding hydrogens is 314 g/mol. The van der Waals surface area contributed by atoms with Gasteiger partial charge >= 0.3 is 0 Å². The summed E-state index contributed by atoms with van der Waals surface area (Å²) in [5.41, 5.74) is 1.37. The van der Waals surface area contributed by atoms with E-state index in [4.69, 9.17) is 16.7 Å². The Bertz CT molecular complexity index is 903. The minimum Gasteiger partial charge on any atom is -0.356 e. The van der Waals surface area contributed by atoms with E-state index in [0.29, 0.717) is 16.4 Å². The number of aromatic nitrogens is 6. The molecule has 3 aromatic rings. The third kappa shape index (κ3) is 2.31. The topological polar surface area (TPSA) is 88.7 Å². The zero-order valence-corrected chi connectivity index (χ0v) is 13.8. The van der Waals surface area contributed by atoms with Crippen LogP contribution < -0.4 is 4.90 Å². The molecule has 8 nitrogen and oxygen atoms in total. The van der Waals surface area contributed by atoms with Crippen LogP contribution in [0, 0.1) is 11.7 Å². The molecule has 1 N–H and O–H groups in total. The summed E-state index contributed by atoms with van der Waals surface area (Å²) in [7, 11) is 1.96. The molecule has 0 amide bonds. The standard InChI is InChI=1S/C14H17N7OS/c1-8-10-12(15-7-16-13(10)22-19-8)21-5-3-9(4-6-21)11-17-18-14(23)20(11)2/h7,9H,3-6H2,1-2H3,(H,18,23). The second-order valence-corrected chi connectivity index (χ2v) is 6.24. The van der Waals surface area contributed by atoms with Gasteiger partial charge in [-0.3, -0.25) is 5.10 Å². The van der Waals surface area contributed by atoms with Crippen LogP contribution in [0.15, 0.2) is 10.9 Å². The Morgan fingerprint density at radius 3 is 2.78 bits per heavy atom. The van der Waals surface area contributed by atoms with Gasteiger partial charge in [0.25, 0.3) is 5.71 Å². The smallest absolute Gasteiger partial charge is 0.263 e. The average Bonchev–Trinajstić information content (AvgIpc) is 3.12. The van der Waals surface area contributed by atoms with Gasteiger partial charge in [0.15, 0.2) is 4.77 Å². The lowest BCUT2D eigenvalue weighted by Crippen LogP contribution is -2.34. The molecule has 1 fully saturated rings. The molecule has 4 heterocycles. The van der Waals surface area contributed by atoms with Crippen LogP contribution in [0.1, 0.15) is 30.3 Å². The minimum atomic E-state index is 0.407. The molecule has 0 aromatic carbocycles. The van der Waals surface area contributed by atoms with E-state index in [9.17, 15) is 0 Å². The molecule has 0 unspecified atom stereocenters. The summed E-state index contributed by atoms with van der Waals surface area (Å²) in [5.74, 6) is 2.34. The lowest BCUT2D eigenvalue weighted by molar-refractivity contribution is 0.442. The van der Waals surface area contributed by atoms with Crippen molar-refractivity contribution in [1.29, 1.82) is 0 Å². The molecule has 23 heavy (non-hydrogen) atoms. The van der Waals surface area contributed by atoms with Crippen LogP contribution in [0.25, 0.3) is 11.1 Å². The molecule has 0 aliphatic carbocycles. The first-order valence-corrected chi connectivity index (χ1v) is 7.99. The first-order chi connectivity index (χ1) is 11.1. The van der Waals surface area contributed by atoms with Crippen LogP contribution in [0.5, 0.6) is 0 Å². The van der Waals surface area contributed by atoms with Crippen molar-refractivity contribution in [3.05, 3.63) is 22.6 Å². The van der Waals surface area contributed by atoms with Gasteiger partial charge in [-0.25, -0.2) is 4.98 Å². The van der Waals surface area contributed by atoms with Crippen LogP contribution in [0.2, 0.25) is 0 Å². The molecule has 9 heteroatoms. The first kappa shape index (κ1) is 14.3. The third-order valence-electron chi connectivity index (χ3n) is 4.50. The summed E-state index contributed by atoms with van der Waals surface area (Å²) in [5, 5.41) is 12.1. The first-order valence-electron chi connectivity index (χ1n) is 7.58. The molecule has 0 atom stereocenters. The zero-order chi connectivity index (χ0) is 16.0. The number of aromatic amines is 1. The van der Waals surface area contributed by atoms with Crippen molar-refractivity contribution in [3.63, 3.8) is 0 Å². The normalized spacial score (nSPS) is 16.3. The van der Waals surface area contributed by atoms with Crippen LogP contribution in [0.4, 0.5) is 5.82 Å². The van der Waals surface area contributed by atoms with Gasteiger partial charge in [0.1, 0.15) is 23.4 Å². The Morgan fingerprint density at radius 2 is 2.09 bits per heavy atom. The van der Waals surface area contributed by atoms with Gasteiger partial charge in [0, 0.05) is 26.1 Å². The van der Waals surface area contributed by atoms with Crippen LogP contribution in [-0.4, -0.2) is 43.0 Å². The number of hydrogen-bond acceptors (Lipinski definition) is 7. The highest BCUT2D eigenvalue weighted by molar-refractivity contribution is 7.71. The summed E-state index contributed by atoms with van der Waals surface area (Å²) < 4.78 is 7.86. The van der Waals surface area contributed by atoms with Crippen molar-refractivity contribution in [3.8, 4) is 0 Å². The van der Waals surface area contributed by atoms with Crippen molar-refractivity contribution in [2.45, 2.75) is 25.7 Å². The number of aryl methyl sites for hydroxylation is 1. The summed E-state index contributed by atoms with van der Waals surface area (Å²) in [6.45, 7) is 3.72. The van der Waals surface area contributed by atoms with Crippen molar-refractivity contribution in [1.82, 2.24) is 29.9 Å². The number of fused-ring (bicyclic) bond motifs is 1. The molecule has 4 rings (SSSR count). The van der Waals surface area contributed by atoms with E-state index >= 15 is 0 Å². The Kier molecular flexibility index (Phi) is 3.37. The number of H-pyrrole nitrogens is 1. The second kappa shape index (κ2) is 5.41. The molecule has 0 spiro atoms. The Labute approximate surface area is 137 Å². The average molecular weight is 331 g/mol. The van der Waals surface area contributed by atoms with E-state index in [1.807, 2.05) is 18.5 Å². The molecule has 120 valence electrons. The molecule has 1 aliphatic heterocycles. The van der Waals surface area contributed by atoms with E-state index in [0.717, 1.165) is 48.7 Å². The monoisotopic (exact) mass is 331 g/mol. The zero-order valence-electron chi connectivity index (χ0n) is 13.0. The Balaban J connectivity index is 1.58. The molecule has 0 bridgehead atoms. The van der Waals surface area contributed by atoms with E-state index in [1.165, 1.54) is 6.33 Å². The quantitative estimate of drug-likeness (QED) is 0.719. The second-order valence-electron chi connectivity index (χ2n) is 5.85. The predicted molar refractivity (Wildman–Crippen MR) is 86.9 cm³/mol. The molecular formula is C14H17N7OS. The fraction of sp³-hybridized carbons (Fsp3) is 0.500. The number of nitrogens with zero attached hydrogens (tertiary/aromatic N) is 6. The van der Waals surface area contributed by atoms with Gasteiger partial charge in [-0.15, -0.1) is 0 Å². The summed E-state index contributed by atoms with van der Waals surface area (Å²) in [4.78, 5) is 10.9. The van der Waals surface area contributed by atoms with E-state index in [1.54, 1.807) is 0 Å². The summed E-state index contributed by atoms with van der Waals surface area (Å²) in [6.07, 6.45) is 3.54. The van der Waals surface area contributed by atoms with Crippen molar-refractivity contribution >= 4 is 29.1 Å². The molecule has 0 radical (unpaired) electrons. The maximum atomic E-state index is 5.23. The number of anilines is 1. The maximum absolute atomic E-state index is 5.23. The van der Waals surface area contributed by atoms with Gasteiger partial charge in [0.05, 0.1) is 5.69 Å². The Hall–Kier alpha value is -2.29. The fourth-order valence-electron chi connectivity index (χ4n) is 3.22. The predicted octanol–water partition coefficient (Wildman–Crippen LogP) is 2.10. The van der Waals surface area contributed by atoms with Gasteiger partial charge in [-0.05, 0) is 32.0 Å². The van der Waals surface area contributed by atoms with Crippen molar-refractivity contribution in [2.75, 3.05) is 18.0 Å². The lowest BCUT2D eigenvalue weighted by Gasteiger charge is -2.32. The SMILES string of the molecule is Cc1noc2ncnc(N3CCC(c4n[nH]c(=S)n4C)CC3)c12. The fourth-order valence-corrected chi connectivity index (χ4v) is 3.36. The number of hydrogen-bond donors (Lipinski definition) is 1. The highest BCUT2D eigenvalue weighted by Crippen LogP contribution is 2.32. The van der Waals surface area contributed by atoms with Gasteiger partial charge < -0.3 is 14.0 Å². The van der Waals surface area contributed by atoms with Crippen LogP contribution in [-0.2, 0) is 7.05 Å². The molecule has 3 aromatic heterocycles. The number of nitrogens with one attached hydrogen (secondary N) is 1. The van der Waals surface area contributed by atoms with Crippen molar-refractivity contribution < 1.29 is 4.52 Å². The van der Waals surface area contributed by atoms with Gasteiger partial charge in [0.2, 0.25) is 0 Å². The minimum absolute atomic E-state index is 0.407. The van der Waals surface area contributed by atoms with E-state index < -0.39 is 0 Å². The summed E-state index contributed by atoms with van der Waals surface area (Å²) >= 11 is 5.20. The highest BCUT2D eigenvalue weighted by Gasteiger charge is 2.26. The summed E-state index contributed by atoms with van der Waals surface area (Å²) in [6, 6.07) is 0. The number of piperidine rings is 1. The van der Waals surface area contributed by atoms with Crippen LogP contribution >= 0.6 is 12.2 Å². The maximum Gasteiger partial charge on any atom is 0.263 e. The number of rotatable bonds is 2. The van der Waals surface area contributed by atoms with Gasteiger partial charge in [-0.1, -0.05) is 5.16 Å². The van der Waals surface area contributed by atoms with Crippen LogP contribution in [0.3, 0.4) is 0 Å². The molecule has 0 saturated carbocycles. The third-order valence-corrected chi connectivity index (χ3v) is 4.86. The van der Waals surface area contributed by atoms with E-state index in [-0.39, 0.29) is 0 Å². The Morgan fingerprint density at radius 1 is 1.30 bits per heavy atom. The lowest BCUT2D eigenvalue weighted by atomic mass is 9.96.